The number of nitrogens with one attached hydrogen (secondary N) is 1. The Morgan fingerprint density at radius 1 is 1.25 bits per heavy atom. The average Bonchev–Trinajstić information content (AvgIpc) is 2.70. The minimum absolute atomic E-state index is 0.236. The Morgan fingerprint density at radius 3 is 2.64 bits per heavy atom. The Hall–Kier alpha value is -2.54. The molecule has 1 amide bonds. The van der Waals surface area contributed by atoms with Gasteiger partial charge in [-0.3, -0.25) is 4.79 Å². The fraction of sp³-hybridized carbons (Fsp3) is 0.524. The second kappa shape index (κ2) is 12.8. The number of hydrogen-bond donors (Lipinski definition) is 1. The van der Waals surface area contributed by atoms with Gasteiger partial charge in [-0.25, -0.2) is 4.79 Å². The molecule has 1 aromatic rings. The molecule has 1 N–H and O–H groups in total. The number of carbonyl (C=O) groups is 2. The second-order valence-corrected chi connectivity index (χ2v) is 6.27. The highest BCUT2D eigenvalue weighted by Gasteiger charge is 2.18. The monoisotopic (exact) mass is 393 g/mol. The molecule has 0 aliphatic rings. The maximum Gasteiger partial charge on any atom is 0.335 e. The molecule has 0 heterocycles. The van der Waals surface area contributed by atoms with Gasteiger partial charge in [-0.2, -0.15) is 0 Å². The molecule has 2 unspecified atom stereocenters. The van der Waals surface area contributed by atoms with Crippen LogP contribution >= 0.6 is 0 Å². The maximum atomic E-state index is 12.1. The molecule has 156 valence electrons. The van der Waals surface area contributed by atoms with E-state index in [4.69, 9.17) is 18.9 Å². The summed E-state index contributed by atoms with van der Waals surface area (Å²) in [7, 11) is 1.57. The molecule has 0 aliphatic heterocycles. The van der Waals surface area contributed by atoms with Gasteiger partial charge in [0.05, 0.1) is 26.4 Å². The van der Waals surface area contributed by atoms with Crippen LogP contribution in [0.3, 0.4) is 0 Å². The van der Waals surface area contributed by atoms with Crippen molar-refractivity contribution in [2.45, 2.75) is 45.8 Å². The van der Waals surface area contributed by atoms with Crippen molar-refractivity contribution in [2.24, 2.45) is 0 Å². The number of amides is 1. The molecule has 0 saturated heterocycles. The van der Waals surface area contributed by atoms with E-state index in [0.29, 0.717) is 18.1 Å². The maximum absolute atomic E-state index is 12.1. The summed E-state index contributed by atoms with van der Waals surface area (Å²) in [5, 5.41) is 2.79. The van der Waals surface area contributed by atoms with E-state index < -0.39 is 18.0 Å². The van der Waals surface area contributed by atoms with Crippen molar-refractivity contribution in [3.63, 3.8) is 0 Å². The van der Waals surface area contributed by atoms with Crippen LogP contribution in [0, 0.1) is 0 Å². The number of rotatable bonds is 13. The Balaban J connectivity index is 2.56. The lowest BCUT2D eigenvalue weighted by Gasteiger charge is -2.17. The summed E-state index contributed by atoms with van der Waals surface area (Å²) < 4.78 is 21.2. The Labute approximate surface area is 167 Å². The van der Waals surface area contributed by atoms with Crippen molar-refractivity contribution >= 4 is 11.9 Å². The van der Waals surface area contributed by atoms with Crippen LogP contribution in [-0.2, 0) is 19.1 Å². The van der Waals surface area contributed by atoms with Gasteiger partial charge in [0.15, 0.2) is 24.2 Å². The standard InChI is InChI=1S/C21H31NO6/c1-6-8-12-27-18-10-9-17(13-19(18)25-5)15(3)22-20(23)14-28-21(24)16(4)26-11-7-2/h7,9-10,13,15-16H,2,6,8,11-12,14H2,1,3-5H3,(H,22,23). The highest BCUT2D eigenvalue weighted by Crippen LogP contribution is 2.30. The van der Waals surface area contributed by atoms with Crippen molar-refractivity contribution in [3.8, 4) is 11.5 Å². The SMILES string of the molecule is C=CCOC(C)C(=O)OCC(=O)NC(C)c1ccc(OCCCC)c(OC)c1. The van der Waals surface area contributed by atoms with Crippen molar-refractivity contribution in [2.75, 3.05) is 26.9 Å². The predicted octanol–water partition coefficient (Wildman–Crippen LogP) is 3.19. The first-order valence-corrected chi connectivity index (χ1v) is 9.42. The lowest BCUT2D eigenvalue weighted by Crippen LogP contribution is -2.33. The van der Waals surface area contributed by atoms with E-state index in [9.17, 15) is 9.59 Å². The Morgan fingerprint density at radius 2 is 2.00 bits per heavy atom. The first-order chi connectivity index (χ1) is 13.4. The number of ether oxygens (including phenoxy) is 4. The van der Waals surface area contributed by atoms with Crippen LogP contribution in [0.15, 0.2) is 30.9 Å². The largest absolute Gasteiger partial charge is 0.493 e. The topological polar surface area (TPSA) is 83.1 Å². The summed E-state index contributed by atoms with van der Waals surface area (Å²) in [4.78, 5) is 23.8. The highest BCUT2D eigenvalue weighted by atomic mass is 16.6. The quantitative estimate of drug-likeness (QED) is 0.315. The predicted molar refractivity (Wildman–Crippen MR) is 107 cm³/mol. The minimum atomic E-state index is -0.757. The molecule has 7 nitrogen and oxygen atoms in total. The molecule has 1 rings (SSSR count). The van der Waals surface area contributed by atoms with Gasteiger partial charge in [-0.1, -0.05) is 25.5 Å². The van der Waals surface area contributed by atoms with Gasteiger partial charge in [-0.15, -0.1) is 6.58 Å². The van der Waals surface area contributed by atoms with Gasteiger partial charge in [0, 0.05) is 0 Å². The van der Waals surface area contributed by atoms with Crippen LogP contribution in [0.1, 0.15) is 45.2 Å². The normalized spacial score (nSPS) is 12.6. The van der Waals surface area contributed by atoms with Gasteiger partial charge in [0.25, 0.3) is 5.91 Å². The number of hydrogen-bond acceptors (Lipinski definition) is 6. The molecule has 2 atom stereocenters. The second-order valence-electron chi connectivity index (χ2n) is 6.27. The summed E-state index contributed by atoms with van der Waals surface area (Å²) >= 11 is 0. The van der Waals surface area contributed by atoms with Gasteiger partial charge in [0.1, 0.15) is 0 Å². The smallest absolute Gasteiger partial charge is 0.335 e. The van der Waals surface area contributed by atoms with E-state index in [2.05, 4.69) is 18.8 Å². The molecule has 28 heavy (non-hydrogen) atoms. The molecular weight excluding hydrogens is 362 g/mol. The number of methoxy groups -OCH3 is 1. The van der Waals surface area contributed by atoms with E-state index in [0.717, 1.165) is 18.4 Å². The lowest BCUT2D eigenvalue weighted by atomic mass is 10.1. The van der Waals surface area contributed by atoms with Gasteiger partial charge in [-0.05, 0) is 38.0 Å². The molecule has 0 radical (unpaired) electrons. The van der Waals surface area contributed by atoms with Gasteiger partial charge < -0.3 is 24.3 Å². The molecule has 7 heteroatoms. The third-order valence-electron chi connectivity index (χ3n) is 3.96. The molecule has 0 saturated carbocycles. The van der Waals surface area contributed by atoms with Crippen LogP contribution < -0.4 is 14.8 Å². The average molecular weight is 393 g/mol. The summed E-state index contributed by atoms with van der Waals surface area (Å²) in [6.45, 7) is 9.48. The molecule has 0 spiro atoms. The van der Waals surface area contributed by atoms with Crippen molar-refractivity contribution in [3.05, 3.63) is 36.4 Å². The van der Waals surface area contributed by atoms with Gasteiger partial charge in [0.2, 0.25) is 0 Å². The molecule has 0 aliphatic carbocycles. The summed E-state index contributed by atoms with van der Waals surface area (Å²) in [6, 6.07) is 5.22. The zero-order chi connectivity index (χ0) is 20.9. The van der Waals surface area contributed by atoms with Crippen LogP contribution in [0.25, 0.3) is 0 Å². The number of carbonyl (C=O) groups excluding carboxylic acids is 2. The number of unbranched alkanes of at least 4 members (excludes halogenated alkanes) is 1. The third kappa shape index (κ3) is 8.00. The first-order valence-electron chi connectivity index (χ1n) is 9.42. The zero-order valence-corrected chi connectivity index (χ0v) is 17.2. The molecule has 0 bridgehead atoms. The fourth-order valence-electron chi connectivity index (χ4n) is 2.30. The first kappa shape index (κ1) is 23.5. The molecular formula is C21H31NO6. The fourth-order valence-corrected chi connectivity index (χ4v) is 2.30. The molecule has 1 aromatic carbocycles. The van der Waals surface area contributed by atoms with Crippen LogP contribution in [-0.4, -0.2) is 44.9 Å². The molecule has 0 aromatic heterocycles. The van der Waals surface area contributed by atoms with Crippen LogP contribution in [0.4, 0.5) is 0 Å². The van der Waals surface area contributed by atoms with Gasteiger partial charge >= 0.3 is 5.97 Å². The van der Waals surface area contributed by atoms with Crippen LogP contribution in [0.2, 0.25) is 0 Å². The Bertz CT molecular complexity index is 646. The van der Waals surface area contributed by atoms with E-state index in [1.165, 1.54) is 6.08 Å². The van der Waals surface area contributed by atoms with E-state index in [1.807, 2.05) is 25.1 Å². The van der Waals surface area contributed by atoms with Crippen LogP contribution in [0.5, 0.6) is 11.5 Å². The summed E-state index contributed by atoms with van der Waals surface area (Å²) in [5.74, 6) is 0.272. The van der Waals surface area contributed by atoms with E-state index in [-0.39, 0.29) is 19.3 Å². The van der Waals surface area contributed by atoms with E-state index >= 15 is 0 Å². The third-order valence-corrected chi connectivity index (χ3v) is 3.96. The van der Waals surface area contributed by atoms with Crippen molar-refractivity contribution in [1.82, 2.24) is 5.32 Å². The number of esters is 1. The zero-order valence-electron chi connectivity index (χ0n) is 17.2. The minimum Gasteiger partial charge on any atom is -0.493 e. The van der Waals surface area contributed by atoms with Crippen molar-refractivity contribution < 1.29 is 28.5 Å². The Kier molecular flexibility index (Phi) is 10.7. The molecule has 0 fully saturated rings. The summed E-state index contributed by atoms with van der Waals surface area (Å²) in [6.07, 6.45) is 2.79. The summed E-state index contributed by atoms with van der Waals surface area (Å²) in [5.41, 5.74) is 0.849. The van der Waals surface area contributed by atoms with Crippen molar-refractivity contribution in [1.29, 1.82) is 0 Å². The number of benzene rings is 1. The van der Waals surface area contributed by atoms with E-state index in [1.54, 1.807) is 14.0 Å². The highest BCUT2D eigenvalue weighted by molar-refractivity contribution is 5.82. The lowest BCUT2D eigenvalue weighted by molar-refractivity contribution is -0.158.